The largest absolute Gasteiger partial charge is 0.493 e. The number of benzene rings is 1. The van der Waals surface area contributed by atoms with E-state index in [1.165, 1.54) is 0 Å². The molecule has 0 amide bonds. The van der Waals surface area contributed by atoms with Gasteiger partial charge in [-0.2, -0.15) is 0 Å². The number of aromatic nitrogens is 2. The number of methoxy groups -OCH3 is 2. The second-order valence-corrected chi connectivity index (χ2v) is 4.42. The van der Waals surface area contributed by atoms with Crippen LogP contribution in [0.5, 0.6) is 11.5 Å². The standard InChI is InChI=1S/C15H19N3O2/c1-10-7-12(9-16-2)18-15(17-10)11-5-6-13(19-3)14(8-11)20-4/h5-8,16H,9H2,1-4H3. The van der Waals surface area contributed by atoms with Gasteiger partial charge < -0.3 is 14.8 Å². The number of ether oxygens (including phenoxy) is 2. The fraction of sp³-hybridized carbons (Fsp3) is 0.333. The summed E-state index contributed by atoms with van der Waals surface area (Å²) in [7, 11) is 5.13. The van der Waals surface area contributed by atoms with Crippen LogP contribution in [0.25, 0.3) is 11.4 Å². The fourth-order valence-electron chi connectivity index (χ4n) is 2.01. The third-order valence-corrected chi connectivity index (χ3v) is 2.91. The van der Waals surface area contributed by atoms with Crippen LogP contribution in [0.2, 0.25) is 0 Å². The van der Waals surface area contributed by atoms with Gasteiger partial charge in [0.05, 0.1) is 19.9 Å². The van der Waals surface area contributed by atoms with Gasteiger partial charge in [0, 0.05) is 17.8 Å². The maximum absolute atomic E-state index is 5.31. The van der Waals surface area contributed by atoms with Gasteiger partial charge in [-0.05, 0) is 38.2 Å². The maximum Gasteiger partial charge on any atom is 0.161 e. The summed E-state index contributed by atoms with van der Waals surface area (Å²) in [5, 5.41) is 3.10. The molecule has 0 radical (unpaired) electrons. The van der Waals surface area contributed by atoms with Crippen LogP contribution in [0, 0.1) is 6.92 Å². The van der Waals surface area contributed by atoms with Crippen molar-refractivity contribution in [2.75, 3.05) is 21.3 Å². The van der Waals surface area contributed by atoms with Crippen LogP contribution in [0.4, 0.5) is 0 Å². The lowest BCUT2D eigenvalue weighted by Crippen LogP contribution is -2.08. The smallest absolute Gasteiger partial charge is 0.161 e. The molecule has 1 aromatic heterocycles. The molecule has 0 atom stereocenters. The number of rotatable bonds is 5. The molecule has 0 saturated carbocycles. The Morgan fingerprint density at radius 2 is 1.80 bits per heavy atom. The molecule has 5 heteroatoms. The van der Waals surface area contributed by atoms with Crippen molar-refractivity contribution < 1.29 is 9.47 Å². The van der Waals surface area contributed by atoms with Gasteiger partial charge >= 0.3 is 0 Å². The van der Waals surface area contributed by atoms with Gasteiger partial charge in [0.1, 0.15) is 0 Å². The highest BCUT2D eigenvalue weighted by Crippen LogP contribution is 2.31. The average molecular weight is 273 g/mol. The Morgan fingerprint density at radius 1 is 1.05 bits per heavy atom. The lowest BCUT2D eigenvalue weighted by molar-refractivity contribution is 0.355. The zero-order valence-corrected chi connectivity index (χ0v) is 12.2. The molecular weight excluding hydrogens is 254 g/mol. The van der Waals surface area contributed by atoms with Crippen molar-refractivity contribution >= 4 is 0 Å². The Balaban J connectivity index is 2.45. The Morgan fingerprint density at radius 3 is 2.45 bits per heavy atom. The summed E-state index contributed by atoms with van der Waals surface area (Å²) in [6.07, 6.45) is 0. The number of nitrogens with zero attached hydrogens (tertiary/aromatic N) is 2. The summed E-state index contributed by atoms with van der Waals surface area (Å²) in [5.41, 5.74) is 2.81. The minimum absolute atomic E-state index is 0.672. The molecule has 0 aliphatic heterocycles. The molecule has 1 heterocycles. The zero-order valence-electron chi connectivity index (χ0n) is 12.2. The monoisotopic (exact) mass is 273 g/mol. The lowest BCUT2D eigenvalue weighted by Gasteiger charge is -2.10. The van der Waals surface area contributed by atoms with Crippen LogP contribution in [-0.2, 0) is 6.54 Å². The molecule has 1 aromatic carbocycles. The van der Waals surface area contributed by atoms with Crippen molar-refractivity contribution in [3.8, 4) is 22.9 Å². The van der Waals surface area contributed by atoms with Crippen LogP contribution < -0.4 is 14.8 Å². The van der Waals surface area contributed by atoms with Crippen LogP contribution in [0.1, 0.15) is 11.4 Å². The lowest BCUT2D eigenvalue weighted by atomic mass is 10.1. The predicted molar refractivity (Wildman–Crippen MR) is 78.1 cm³/mol. The Kier molecular flexibility index (Phi) is 4.53. The van der Waals surface area contributed by atoms with E-state index in [4.69, 9.17) is 9.47 Å². The summed E-state index contributed by atoms with van der Waals surface area (Å²) < 4.78 is 10.6. The van der Waals surface area contributed by atoms with Crippen molar-refractivity contribution in [1.29, 1.82) is 0 Å². The molecule has 0 aliphatic carbocycles. The van der Waals surface area contributed by atoms with Gasteiger partial charge in [-0.15, -0.1) is 0 Å². The zero-order chi connectivity index (χ0) is 14.5. The van der Waals surface area contributed by atoms with E-state index < -0.39 is 0 Å². The quantitative estimate of drug-likeness (QED) is 0.905. The fourth-order valence-corrected chi connectivity index (χ4v) is 2.01. The average Bonchev–Trinajstić information content (AvgIpc) is 2.46. The number of aryl methyl sites for hydroxylation is 1. The summed E-state index contributed by atoms with van der Waals surface area (Å²) in [6, 6.07) is 7.65. The van der Waals surface area contributed by atoms with Crippen molar-refractivity contribution in [2.45, 2.75) is 13.5 Å². The van der Waals surface area contributed by atoms with Crippen molar-refractivity contribution in [3.05, 3.63) is 35.7 Å². The maximum atomic E-state index is 5.31. The van der Waals surface area contributed by atoms with Gasteiger partial charge in [-0.3, -0.25) is 0 Å². The predicted octanol–water partition coefficient (Wildman–Crippen LogP) is 2.19. The van der Waals surface area contributed by atoms with Crippen LogP contribution in [0.15, 0.2) is 24.3 Å². The Labute approximate surface area is 119 Å². The molecule has 0 fully saturated rings. The first-order chi connectivity index (χ1) is 9.67. The summed E-state index contributed by atoms with van der Waals surface area (Å²) in [6.45, 7) is 2.68. The van der Waals surface area contributed by atoms with E-state index >= 15 is 0 Å². The normalized spacial score (nSPS) is 10.4. The minimum Gasteiger partial charge on any atom is -0.493 e. The summed E-state index contributed by atoms with van der Waals surface area (Å²) in [4.78, 5) is 9.04. The van der Waals surface area contributed by atoms with Gasteiger partial charge in [0.2, 0.25) is 0 Å². The molecule has 0 unspecified atom stereocenters. The molecule has 0 spiro atoms. The topological polar surface area (TPSA) is 56.3 Å². The van der Waals surface area contributed by atoms with E-state index in [-0.39, 0.29) is 0 Å². The van der Waals surface area contributed by atoms with Crippen molar-refractivity contribution in [3.63, 3.8) is 0 Å². The highest BCUT2D eigenvalue weighted by atomic mass is 16.5. The number of nitrogens with one attached hydrogen (secondary N) is 1. The van der Waals surface area contributed by atoms with Crippen LogP contribution >= 0.6 is 0 Å². The number of hydrogen-bond donors (Lipinski definition) is 1. The van der Waals surface area contributed by atoms with Crippen molar-refractivity contribution in [2.24, 2.45) is 0 Å². The first kappa shape index (κ1) is 14.3. The molecule has 20 heavy (non-hydrogen) atoms. The van der Waals surface area contributed by atoms with E-state index in [0.29, 0.717) is 23.9 Å². The third kappa shape index (κ3) is 3.05. The molecule has 2 rings (SSSR count). The molecule has 2 aromatic rings. The third-order valence-electron chi connectivity index (χ3n) is 2.91. The molecular formula is C15H19N3O2. The second kappa shape index (κ2) is 6.34. The van der Waals surface area contributed by atoms with Gasteiger partial charge in [0.15, 0.2) is 17.3 Å². The molecule has 106 valence electrons. The summed E-state index contributed by atoms with van der Waals surface area (Å²) >= 11 is 0. The second-order valence-electron chi connectivity index (χ2n) is 4.42. The first-order valence-electron chi connectivity index (χ1n) is 6.39. The first-order valence-corrected chi connectivity index (χ1v) is 6.39. The van der Waals surface area contributed by atoms with Gasteiger partial charge in [-0.25, -0.2) is 9.97 Å². The summed E-state index contributed by atoms with van der Waals surface area (Å²) in [5.74, 6) is 2.06. The van der Waals surface area contributed by atoms with E-state index in [2.05, 4.69) is 15.3 Å². The minimum atomic E-state index is 0.672. The van der Waals surface area contributed by atoms with Crippen LogP contribution in [0.3, 0.4) is 0 Å². The molecule has 0 saturated heterocycles. The molecule has 0 bridgehead atoms. The Hall–Kier alpha value is -2.14. The van der Waals surface area contributed by atoms with Gasteiger partial charge in [0.25, 0.3) is 0 Å². The van der Waals surface area contributed by atoms with E-state index in [1.54, 1.807) is 14.2 Å². The van der Waals surface area contributed by atoms with Crippen molar-refractivity contribution in [1.82, 2.24) is 15.3 Å². The van der Waals surface area contributed by atoms with E-state index in [1.807, 2.05) is 38.2 Å². The molecule has 1 N–H and O–H groups in total. The van der Waals surface area contributed by atoms with Crippen LogP contribution in [-0.4, -0.2) is 31.2 Å². The Bertz CT molecular complexity index is 600. The van der Waals surface area contributed by atoms with Gasteiger partial charge in [-0.1, -0.05) is 0 Å². The molecule has 0 aliphatic rings. The van der Waals surface area contributed by atoms with E-state index in [9.17, 15) is 0 Å². The number of hydrogen-bond acceptors (Lipinski definition) is 5. The SMILES string of the molecule is CNCc1cc(C)nc(-c2ccc(OC)c(OC)c2)n1. The highest BCUT2D eigenvalue weighted by Gasteiger charge is 2.09. The molecule has 5 nitrogen and oxygen atoms in total. The highest BCUT2D eigenvalue weighted by molar-refractivity contribution is 5.61. The van der Waals surface area contributed by atoms with E-state index in [0.717, 1.165) is 17.0 Å².